The highest BCUT2D eigenvalue weighted by Crippen LogP contribution is 2.35. The molecule has 0 aliphatic carbocycles. The molecule has 6 heteroatoms. The van der Waals surface area contributed by atoms with E-state index in [2.05, 4.69) is 38.0 Å². The van der Waals surface area contributed by atoms with Crippen LogP contribution in [0.3, 0.4) is 0 Å². The first-order valence-electron chi connectivity index (χ1n) is 7.22. The Hall–Kier alpha value is -1.27. The molecule has 1 aliphatic rings. The molecule has 22 heavy (non-hydrogen) atoms. The number of thioether (sulfide) groups is 1. The number of benzene rings is 1. The molecule has 2 aromatic rings. The SMILES string of the molecule is CSC(C)C(=O)N1CCc2[nH]cnc2C1c1ccc(Br)cc1. The van der Waals surface area contributed by atoms with Gasteiger partial charge in [-0.2, -0.15) is 11.8 Å². The van der Waals surface area contributed by atoms with Gasteiger partial charge in [0.05, 0.1) is 17.3 Å². The Kier molecular flexibility index (Phi) is 4.59. The van der Waals surface area contributed by atoms with Gasteiger partial charge in [-0.15, -0.1) is 0 Å². The molecule has 0 saturated heterocycles. The summed E-state index contributed by atoms with van der Waals surface area (Å²) in [6, 6.07) is 8.03. The van der Waals surface area contributed by atoms with E-state index in [1.165, 1.54) is 0 Å². The van der Waals surface area contributed by atoms with Crippen LogP contribution < -0.4 is 0 Å². The van der Waals surface area contributed by atoms with Crippen molar-refractivity contribution in [2.75, 3.05) is 12.8 Å². The van der Waals surface area contributed by atoms with Crippen LogP contribution in [0.15, 0.2) is 35.1 Å². The summed E-state index contributed by atoms with van der Waals surface area (Å²) in [7, 11) is 0. The number of fused-ring (bicyclic) bond motifs is 1. The average molecular weight is 380 g/mol. The van der Waals surface area contributed by atoms with Crippen molar-refractivity contribution in [1.29, 1.82) is 0 Å². The fraction of sp³-hybridized carbons (Fsp3) is 0.375. The Balaban J connectivity index is 2.03. The molecule has 0 fully saturated rings. The number of rotatable bonds is 3. The van der Waals surface area contributed by atoms with Crippen LogP contribution in [-0.4, -0.2) is 38.8 Å². The first-order valence-corrected chi connectivity index (χ1v) is 9.30. The molecule has 2 unspecified atom stereocenters. The van der Waals surface area contributed by atoms with E-state index in [9.17, 15) is 4.79 Å². The number of aromatic amines is 1. The number of carbonyl (C=O) groups excluding carboxylic acids is 1. The standard InChI is InChI=1S/C16H18BrN3OS/c1-10(22-2)16(21)20-8-7-13-14(19-9-18-13)15(20)11-3-5-12(17)6-4-11/h3-6,9-10,15H,7-8H2,1-2H3,(H,18,19). The molecule has 1 aliphatic heterocycles. The Morgan fingerprint density at radius 1 is 1.45 bits per heavy atom. The summed E-state index contributed by atoms with van der Waals surface area (Å²) in [4.78, 5) is 22.4. The number of H-pyrrole nitrogens is 1. The summed E-state index contributed by atoms with van der Waals surface area (Å²) >= 11 is 5.05. The lowest BCUT2D eigenvalue weighted by molar-refractivity contribution is -0.132. The highest BCUT2D eigenvalue weighted by Gasteiger charge is 2.35. The monoisotopic (exact) mass is 379 g/mol. The molecule has 1 aromatic carbocycles. The van der Waals surface area contributed by atoms with E-state index in [0.29, 0.717) is 0 Å². The molecule has 0 spiro atoms. The van der Waals surface area contributed by atoms with Gasteiger partial charge in [0.15, 0.2) is 0 Å². The number of hydrogen-bond donors (Lipinski definition) is 1. The molecular weight excluding hydrogens is 362 g/mol. The largest absolute Gasteiger partial charge is 0.348 e. The summed E-state index contributed by atoms with van der Waals surface area (Å²) in [5, 5.41) is -0.0431. The lowest BCUT2D eigenvalue weighted by Gasteiger charge is -2.36. The first kappa shape index (κ1) is 15.6. The van der Waals surface area contributed by atoms with Gasteiger partial charge in [0, 0.05) is 23.1 Å². The fourth-order valence-corrected chi connectivity index (χ4v) is 3.43. The minimum absolute atomic E-state index is 0.0431. The van der Waals surface area contributed by atoms with Crippen LogP contribution in [-0.2, 0) is 11.2 Å². The van der Waals surface area contributed by atoms with Gasteiger partial charge >= 0.3 is 0 Å². The number of carbonyl (C=O) groups is 1. The van der Waals surface area contributed by atoms with Crippen LogP contribution in [0.25, 0.3) is 0 Å². The maximum absolute atomic E-state index is 12.8. The van der Waals surface area contributed by atoms with Gasteiger partial charge in [-0.3, -0.25) is 4.79 Å². The van der Waals surface area contributed by atoms with Gasteiger partial charge in [0.2, 0.25) is 5.91 Å². The van der Waals surface area contributed by atoms with Gasteiger partial charge in [-0.05, 0) is 30.9 Å². The summed E-state index contributed by atoms with van der Waals surface area (Å²) in [5.41, 5.74) is 3.20. The number of amides is 1. The third-order valence-electron chi connectivity index (χ3n) is 4.10. The van der Waals surface area contributed by atoms with Crippen molar-refractivity contribution in [2.24, 2.45) is 0 Å². The maximum atomic E-state index is 12.8. The van der Waals surface area contributed by atoms with Gasteiger partial charge in [-0.1, -0.05) is 28.1 Å². The predicted molar refractivity (Wildman–Crippen MR) is 93.0 cm³/mol. The number of hydrogen-bond acceptors (Lipinski definition) is 3. The second kappa shape index (κ2) is 6.46. The van der Waals surface area contributed by atoms with Crippen molar-refractivity contribution >= 4 is 33.6 Å². The van der Waals surface area contributed by atoms with Crippen LogP contribution in [0.5, 0.6) is 0 Å². The van der Waals surface area contributed by atoms with Crippen LogP contribution in [0.2, 0.25) is 0 Å². The number of nitrogens with one attached hydrogen (secondary N) is 1. The highest BCUT2D eigenvalue weighted by molar-refractivity contribution is 9.10. The van der Waals surface area contributed by atoms with Crippen molar-refractivity contribution in [3.8, 4) is 0 Å². The molecule has 0 radical (unpaired) electrons. The topological polar surface area (TPSA) is 49.0 Å². The quantitative estimate of drug-likeness (QED) is 0.888. The van der Waals surface area contributed by atoms with Crippen molar-refractivity contribution < 1.29 is 4.79 Å². The van der Waals surface area contributed by atoms with Gasteiger partial charge in [-0.25, -0.2) is 4.98 Å². The Labute approximate surface area is 142 Å². The summed E-state index contributed by atoms with van der Waals surface area (Å²) in [6.45, 7) is 2.69. The molecule has 1 aromatic heterocycles. The van der Waals surface area contributed by atoms with E-state index < -0.39 is 0 Å². The maximum Gasteiger partial charge on any atom is 0.236 e. The van der Waals surface area contributed by atoms with Crippen LogP contribution in [0, 0.1) is 0 Å². The first-order chi connectivity index (χ1) is 10.6. The predicted octanol–water partition coefficient (Wildman–Crippen LogP) is 3.40. The number of halogens is 1. The van der Waals surface area contributed by atoms with Crippen molar-refractivity contribution in [1.82, 2.24) is 14.9 Å². The smallest absolute Gasteiger partial charge is 0.236 e. The van der Waals surface area contributed by atoms with Crippen LogP contribution >= 0.6 is 27.7 Å². The van der Waals surface area contributed by atoms with Crippen LogP contribution in [0.4, 0.5) is 0 Å². The minimum atomic E-state index is -0.106. The number of imidazole rings is 1. The van der Waals surface area contributed by atoms with Gasteiger partial charge in [0.1, 0.15) is 6.04 Å². The third-order valence-corrected chi connectivity index (χ3v) is 5.53. The normalized spacial score (nSPS) is 18.9. The van der Waals surface area contributed by atoms with E-state index in [-0.39, 0.29) is 17.2 Å². The molecule has 1 amide bonds. The average Bonchev–Trinajstić information content (AvgIpc) is 3.02. The molecule has 2 heterocycles. The molecule has 1 N–H and O–H groups in total. The highest BCUT2D eigenvalue weighted by atomic mass is 79.9. The van der Waals surface area contributed by atoms with E-state index >= 15 is 0 Å². The summed E-state index contributed by atoms with van der Waals surface area (Å²) < 4.78 is 1.03. The van der Waals surface area contributed by atoms with E-state index in [1.54, 1.807) is 18.1 Å². The van der Waals surface area contributed by atoms with Crippen molar-refractivity contribution in [3.63, 3.8) is 0 Å². The van der Waals surface area contributed by atoms with Crippen LogP contribution in [0.1, 0.15) is 29.9 Å². The summed E-state index contributed by atoms with van der Waals surface area (Å²) in [5.74, 6) is 0.175. The molecule has 0 saturated carbocycles. The number of nitrogens with zero attached hydrogens (tertiary/aromatic N) is 2. The fourth-order valence-electron chi connectivity index (χ4n) is 2.83. The van der Waals surface area contributed by atoms with Gasteiger partial charge in [0.25, 0.3) is 0 Å². The third kappa shape index (κ3) is 2.82. The molecule has 116 valence electrons. The Morgan fingerprint density at radius 2 is 2.18 bits per heavy atom. The summed E-state index contributed by atoms with van der Waals surface area (Å²) in [6.07, 6.45) is 4.53. The molecular formula is C16H18BrN3OS. The van der Waals surface area contributed by atoms with Crippen molar-refractivity contribution in [2.45, 2.75) is 24.6 Å². The zero-order valence-electron chi connectivity index (χ0n) is 12.5. The van der Waals surface area contributed by atoms with Crippen molar-refractivity contribution in [3.05, 3.63) is 52.0 Å². The molecule has 2 atom stereocenters. The lowest BCUT2D eigenvalue weighted by atomic mass is 9.95. The second-order valence-electron chi connectivity index (χ2n) is 5.38. The van der Waals surface area contributed by atoms with E-state index in [4.69, 9.17) is 0 Å². The van der Waals surface area contributed by atoms with Gasteiger partial charge < -0.3 is 9.88 Å². The lowest BCUT2D eigenvalue weighted by Crippen LogP contribution is -2.44. The Bertz CT molecular complexity index is 670. The molecule has 4 nitrogen and oxygen atoms in total. The zero-order chi connectivity index (χ0) is 15.7. The Morgan fingerprint density at radius 3 is 2.86 bits per heavy atom. The minimum Gasteiger partial charge on any atom is -0.348 e. The number of aromatic nitrogens is 2. The van der Waals surface area contributed by atoms with E-state index in [1.807, 2.05) is 30.2 Å². The molecule has 3 rings (SSSR count). The second-order valence-corrected chi connectivity index (χ2v) is 7.47. The molecule has 0 bridgehead atoms. The van der Waals surface area contributed by atoms with E-state index in [0.717, 1.165) is 34.4 Å². The zero-order valence-corrected chi connectivity index (χ0v) is 14.9.